The second kappa shape index (κ2) is 2.41. The summed E-state index contributed by atoms with van der Waals surface area (Å²) in [5.74, 6) is 0.0922. The van der Waals surface area contributed by atoms with Crippen molar-refractivity contribution in [2.75, 3.05) is 0 Å². The molecule has 14 heavy (non-hydrogen) atoms. The summed E-state index contributed by atoms with van der Waals surface area (Å²) in [4.78, 5) is 19.9. The van der Waals surface area contributed by atoms with Crippen LogP contribution in [-0.2, 0) is 0 Å². The summed E-state index contributed by atoms with van der Waals surface area (Å²) in [7, 11) is 0. The molecule has 0 N–H and O–H groups in total. The fraction of sp³-hybridized carbons (Fsp3) is 0.300. The highest BCUT2D eigenvalue weighted by Crippen LogP contribution is 2.32. The molecule has 0 aliphatic carbocycles. The van der Waals surface area contributed by atoms with E-state index in [1.54, 1.807) is 6.33 Å². The van der Waals surface area contributed by atoms with E-state index < -0.39 is 0 Å². The van der Waals surface area contributed by atoms with Gasteiger partial charge in [-0.25, -0.2) is 4.98 Å². The number of hydrogen-bond donors (Lipinski definition) is 0. The average Bonchev–Trinajstić information content (AvgIpc) is 2.87. The van der Waals surface area contributed by atoms with Crippen molar-refractivity contribution in [1.82, 2.24) is 9.55 Å². The van der Waals surface area contributed by atoms with Gasteiger partial charge in [0.05, 0.1) is 11.4 Å². The smallest absolute Gasteiger partial charge is 0.183 e. The third-order valence-electron chi connectivity index (χ3n) is 2.65. The lowest BCUT2D eigenvalue weighted by Gasteiger charge is -2.01. The van der Waals surface area contributed by atoms with Gasteiger partial charge in [-0.2, -0.15) is 0 Å². The molecule has 2 aliphatic rings. The molecular formula is C10H9N3O. The second-order valence-corrected chi connectivity index (χ2v) is 3.46. The number of hydrogen-bond acceptors (Lipinski definition) is 3. The fourth-order valence-corrected chi connectivity index (χ4v) is 1.92. The van der Waals surface area contributed by atoms with Crippen LogP contribution in [0.25, 0.3) is 5.70 Å². The molecule has 0 fully saturated rings. The maximum absolute atomic E-state index is 11.6. The van der Waals surface area contributed by atoms with Crippen LogP contribution in [-0.4, -0.2) is 21.0 Å². The number of imidazole rings is 1. The largest absolute Gasteiger partial charge is 0.299 e. The molecule has 0 unspecified atom stereocenters. The molecule has 0 saturated carbocycles. The summed E-state index contributed by atoms with van der Waals surface area (Å²) in [6.07, 6.45) is 4.90. The number of aromatic nitrogens is 2. The zero-order chi connectivity index (χ0) is 9.71. The zero-order valence-corrected chi connectivity index (χ0v) is 7.82. The van der Waals surface area contributed by atoms with E-state index in [1.165, 1.54) is 0 Å². The molecule has 4 heteroatoms. The normalized spacial score (nSPS) is 16.6. The van der Waals surface area contributed by atoms with Crippen LogP contribution in [0.3, 0.4) is 0 Å². The lowest BCUT2D eigenvalue weighted by Crippen LogP contribution is -2.06. The van der Waals surface area contributed by atoms with E-state index >= 15 is 0 Å². The first-order valence-electron chi connectivity index (χ1n) is 4.68. The summed E-state index contributed by atoms with van der Waals surface area (Å²) in [6, 6.07) is 0. The van der Waals surface area contributed by atoms with Crippen LogP contribution in [0.15, 0.2) is 17.5 Å². The SMILES string of the molecule is CCC(=O)c1ncn2c1C1=NC=C2C1. The molecule has 3 heterocycles. The van der Waals surface area contributed by atoms with Gasteiger partial charge >= 0.3 is 0 Å². The van der Waals surface area contributed by atoms with Gasteiger partial charge in [0.1, 0.15) is 12.0 Å². The van der Waals surface area contributed by atoms with Crippen LogP contribution in [0.2, 0.25) is 0 Å². The van der Waals surface area contributed by atoms with E-state index in [0.717, 1.165) is 23.5 Å². The molecule has 0 atom stereocenters. The van der Waals surface area contributed by atoms with E-state index in [4.69, 9.17) is 0 Å². The Morgan fingerprint density at radius 3 is 3.29 bits per heavy atom. The van der Waals surface area contributed by atoms with Crippen molar-refractivity contribution in [2.45, 2.75) is 19.8 Å². The second-order valence-electron chi connectivity index (χ2n) is 3.46. The first-order valence-corrected chi connectivity index (χ1v) is 4.68. The van der Waals surface area contributed by atoms with Crippen LogP contribution >= 0.6 is 0 Å². The number of rotatable bonds is 2. The molecule has 2 aliphatic heterocycles. The summed E-state index contributed by atoms with van der Waals surface area (Å²) < 4.78 is 1.96. The monoisotopic (exact) mass is 187 g/mol. The molecule has 0 amide bonds. The van der Waals surface area contributed by atoms with Gasteiger partial charge in [-0.3, -0.25) is 14.4 Å². The minimum absolute atomic E-state index is 0.0922. The highest BCUT2D eigenvalue weighted by molar-refractivity contribution is 6.16. The van der Waals surface area contributed by atoms with E-state index in [1.807, 2.05) is 17.7 Å². The van der Waals surface area contributed by atoms with Gasteiger partial charge in [-0.15, -0.1) is 0 Å². The maximum Gasteiger partial charge on any atom is 0.183 e. The minimum Gasteiger partial charge on any atom is -0.299 e. The third kappa shape index (κ3) is 0.755. The molecule has 1 aromatic heterocycles. The van der Waals surface area contributed by atoms with E-state index in [0.29, 0.717) is 12.1 Å². The molecule has 0 aromatic carbocycles. The quantitative estimate of drug-likeness (QED) is 0.658. The van der Waals surface area contributed by atoms with Crippen molar-refractivity contribution in [2.24, 2.45) is 4.99 Å². The maximum atomic E-state index is 11.6. The van der Waals surface area contributed by atoms with Gasteiger partial charge in [-0.05, 0) is 0 Å². The number of carbonyl (C=O) groups excluding carboxylic acids is 1. The Bertz CT molecular complexity index is 493. The number of allylic oxidation sites excluding steroid dienone is 1. The summed E-state index contributed by atoms with van der Waals surface area (Å²) in [6.45, 7) is 1.85. The standard InChI is InChI=1S/C10H9N3O/c1-2-8(14)9-10-7-3-6(4-11-7)13(10)5-12-9/h4-5H,2-3H2,1H3. The van der Waals surface area contributed by atoms with Crippen molar-refractivity contribution in [3.63, 3.8) is 0 Å². The van der Waals surface area contributed by atoms with Crippen molar-refractivity contribution in [3.8, 4) is 0 Å². The topological polar surface area (TPSA) is 47.2 Å². The fourth-order valence-electron chi connectivity index (χ4n) is 1.92. The lowest BCUT2D eigenvalue weighted by atomic mass is 10.1. The molecule has 0 radical (unpaired) electrons. The Morgan fingerprint density at radius 2 is 2.50 bits per heavy atom. The van der Waals surface area contributed by atoms with Crippen LogP contribution in [0.1, 0.15) is 35.9 Å². The third-order valence-corrected chi connectivity index (χ3v) is 2.65. The molecule has 0 saturated heterocycles. The first kappa shape index (κ1) is 7.67. The number of nitrogens with zero attached hydrogens (tertiary/aromatic N) is 3. The van der Waals surface area contributed by atoms with Crippen molar-refractivity contribution in [1.29, 1.82) is 0 Å². The number of carbonyl (C=O) groups is 1. The van der Waals surface area contributed by atoms with Crippen LogP contribution < -0.4 is 0 Å². The van der Waals surface area contributed by atoms with Gasteiger partial charge in [0.25, 0.3) is 0 Å². The Hall–Kier alpha value is -1.71. The van der Waals surface area contributed by atoms with Crippen molar-refractivity contribution in [3.05, 3.63) is 23.9 Å². The number of Topliss-reactive ketones (excluding diaryl/α,β-unsaturated/α-hetero) is 1. The highest BCUT2D eigenvalue weighted by Gasteiger charge is 2.31. The lowest BCUT2D eigenvalue weighted by molar-refractivity contribution is 0.0983. The Labute approximate surface area is 81.0 Å². The molecule has 4 nitrogen and oxygen atoms in total. The van der Waals surface area contributed by atoms with Gasteiger partial charge in [0.2, 0.25) is 0 Å². The predicted molar refractivity (Wildman–Crippen MR) is 52.3 cm³/mol. The molecule has 1 aromatic rings. The highest BCUT2D eigenvalue weighted by atomic mass is 16.1. The van der Waals surface area contributed by atoms with Crippen LogP contribution in [0.4, 0.5) is 0 Å². The molecule has 3 rings (SSSR count). The molecule has 70 valence electrons. The molecule has 2 bridgehead atoms. The van der Waals surface area contributed by atoms with E-state index in [9.17, 15) is 4.79 Å². The summed E-state index contributed by atoms with van der Waals surface area (Å²) in [5.41, 5.74) is 3.59. The summed E-state index contributed by atoms with van der Waals surface area (Å²) >= 11 is 0. The number of aliphatic imine (C=N–C) groups is 1. The predicted octanol–water partition coefficient (Wildman–Crippen LogP) is 1.48. The van der Waals surface area contributed by atoms with E-state index in [2.05, 4.69) is 9.98 Å². The van der Waals surface area contributed by atoms with Gasteiger partial charge in [0.15, 0.2) is 5.78 Å². The Morgan fingerprint density at radius 1 is 1.64 bits per heavy atom. The Kier molecular flexibility index (Phi) is 1.32. The van der Waals surface area contributed by atoms with Crippen LogP contribution in [0, 0.1) is 0 Å². The molecular weight excluding hydrogens is 178 g/mol. The van der Waals surface area contributed by atoms with Crippen molar-refractivity contribution >= 4 is 17.2 Å². The average molecular weight is 187 g/mol. The van der Waals surface area contributed by atoms with Gasteiger partial charge < -0.3 is 0 Å². The van der Waals surface area contributed by atoms with E-state index in [-0.39, 0.29) is 5.78 Å². The summed E-state index contributed by atoms with van der Waals surface area (Å²) in [5, 5.41) is 0. The first-order chi connectivity index (χ1) is 6.81. The minimum atomic E-state index is 0.0922. The van der Waals surface area contributed by atoms with Crippen LogP contribution in [0.5, 0.6) is 0 Å². The molecule has 0 spiro atoms. The number of fused-ring (bicyclic) bond motifs is 5. The number of ketones is 1. The van der Waals surface area contributed by atoms with Crippen molar-refractivity contribution < 1.29 is 4.79 Å². The Balaban J connectivity index is 2.20. The zero-order valence-electron chi connectivity index (χ0n) is 7.82. The van der Waals surface area contributed by atoms with Gasteiger partial charge in [0, 0.05) is 24.7 Å². The van der Waals surface area contributed by atoms with Gasteiger partial charge in [-0.1, -0.05) is 6.92 Å².